The molecule has 9 heteroatoms. The topological polar surface area (TPSA) is 125 Å². The van der Waals surface area contributed by atoms with Crippen LogP contribution in [0.3, 0.4) is 0 Å². The van der Waals surface area contributed by atoms with Gasteiger partial charge in [-0.15, -0.1) is 0 Å². The third-order valence-corrected chi connectivity index (χ3v) is 4.27. The van der Waals surface area contributed by atoms with Gasteiger partial charge in [-0.1, -0.05) is 12.1 Å². The summed E-state index contributed by atoms with van der Waals surface area (Å²) in [7, 11) is -3.88. The van der Waals surface area contributed by atoms with Crippen molar-refractivity contribution in [1.82, 2.24) is 0 Å². The number of primary sulfonamides is 1. The Morgan fingerprint density at radius 1 is 1.04 bits per heavy atom. The summed E-state index contributed by atoms with van der Waals surface area (Å²) in [5.74, 6) is -0.794. The van der Waals surface area contributed by atoms with Gasteiger partial charge in [0.05, 0.1) is 4.90 Å². The Morgan fingerprint density at radius 2 is 1.70 bits per heavy atom. The molecule has 27 heavy (non-hydrogen) atoms. The maximum absolute atomic E-state index is 11.8. The minimum absolute atomic E-state index is 0.140. The van der Waals surface area contributed by atoms with E-state index in [-0.39, 0.29) is 17.2 Å². The van der Waals surface area contributed by atoms with Crippen LogP contribution in [0.15, 0.2) is 47.4 Å². The van der Waals surface area contributed by atoms with Crippen LogP contribution in [-0.2, 0) is 24.3 Å². The first-order valence-electron chi connectivity index (χ1n) is 7.93. The largest absolute Gasteiger partial charge is 0.482 e. The average Bonchev–Trinajstić information content (AvgIpc) is 2.57. The van der Waals surface area contributed by atoms with Crippen molar-refractivity contribution in [3.63, 3.8) is 0 Å². The highest BCUT2D eigenvalue weighted by atomic mass is 32.2. The normalized spacial score (nSPS) is 10.9. The van der Waals surface area contributed by atoms with E-state index in [0.717, 1.165) is 11.1 Å². The first kappa shape index (κ1) is 20.4. The van der Waals surface area contributed by atoms with E-state index < -0.39 is 28.5 Å². The molecule has 0 saturated carbocycles. The predicted octanol–water partition coefficient (Wildman–Crippen LogP) is 1.51. The van der Waals surface area contributed by atoms with Gasteiger partial charge >= 0.3 is 5.97 Å². The minimum atomic E-state index is -3.88. The molecule has 8 nitrogen and oxygen atoms in total. The maximum atomic E-state index is 11.8. The SMILES string of the molecule is Cc1cc(C)cc(OCC(=O)OCC(=O)Nc2cccc(S(N)(=O)=O)c2)c1. The number of hydrogen-bond donors (Lipinski definition) is 2. The van der Waals surface area contributed by atoms with Crippen LogP contribution < -0.4 is 15.2 Å². The summed E-state index contributed by atoms with van der Waals surface area (Å²) in [6.45, 7) is 2.95. The Balaban J connectivity index is 1.82. The molecule has 0 aliphatic carbocycles. The molecule has 0 aliphatic heterocycles. The summed E-state index contributed by atoms with van der Waals surface area (Å²) in [6.07, 6.45) is 0. The molecule has 0 saturated heterocycles. The molecule has 2 aromatic rings. The highest BCUT2D eigenvalue weighted by Gasteiger charge is 2.12. The number of esters is 1. The summed E-state index contributed by atoms with van der Waals surface area (Å²) in [4.78, 5) is 23.4. The van der Waals surface area contributed by atoms with Crippen molar-refractivity contribution in [3.8, 4) is 5.75 Å². The number of amides is 1. The first-order chi connectivity index (χ1) is 12.6. The number of carbonyl (C=O) groups excluding carboxylic acids is 2. The number of carbonyl (C=O) groups is 2. The van der Waals surface area contributed by atoms with Gasteiger partial charge in [0.1, 0.15) is 5.75 Å². The van der Waals surface area contributed by atoms with Gasteiger partial charge in [-0.05, 0) is 55.3 Å². The number of benzene rings is 2. The summed E-state index contributed by atoms with van der Waals surface area (Å²) in [5, 5.41) is 7.45. The smallest absolute Gasteiger partial charge is 0.344 e. The molecule has 0 atom stereocenters. The van der Waals surface area contributed by atoms with Crippen LogP contribution in [0.5, 0.6) is 5.75 Å². The second kappa shape index (κ2) is 8.65. The third kappa shape index (κ3) is 6.72. The highest BCUT2D eigenvalue weighted by Crippen LogP contribution is 2.16. The number of hydrogen-bond acceptors (Lipinski definition) is 6. The number of aryl methyl sites for hydroxylation is 2. The van der Waals surface area contributed by atoms with Gasteiger partial charge in [0, 0.05) is 5.69 Å². The van der Waals surface area contributed by atoms with Crippen molar-refractivity contribution >= 4 is 27.6 Å². The number of ether oxygens (including phenoxy) is 2. The van der Waals surface area contributed by atoms with Crippen molar-refractivity contribution in [2.24, 2.45) is 5.14 Å². The summed E-state index contributed by atoms with van der Waals surface area (Å²) >= 11 is 0. The number of anilines is 1. The van der Waals surface area contributed by atoms with Gasteiger partial charge in [-0.25, -0.2) is 18.4 Å². The molecular formula is C18H20N2O6S. The Kier molecular flexibility index (Phi) is 6.54. The maximum Gasteiger partial charge on any atom is 0.344 e. The molecule has 0 aromatic heterocycles. The summed E-state index contributed by atoms with van der Waals surface area (Å²) < 4.78 is 32.8. The van der Waals surface area contributed by atoms with Crippen molar-refractivity contribution < 1.29 is 27.5 Å². The van der Waals surface area contributed by atoms with Crippen LogP contribution in [0.2, 0.25) is 0 Å². The van der Waals surface area contributed by atoms with E-state index in [1.165, 1.54) is 24.3 Å². The Bertz CT molecular complexity index is 936. The van der Waals surface area contributed by atoms with E-state index in [2.05, 4.69) is 5.32 Å². The Morgan fingerprint density at radius 3 is 2.33 bits per heavy atom. The Labute approximate surface area is 157 Å². The molecule has 0 aliphatic rings. The predicted molar refractivity (Wildman–Crippen MR) is 98.8 cm³/mol. The lowest BCUT2D eigenvalue weighted by Crippen LogP contribution is -2.24. The molecule has 0 bridgehead atoms. The monoisotopic (exact) mass is 392 g/mol. The lowest BCUT2D eigenvalue weighted by molar-refractivity contribution is -0.149. The van der Waals surface area contributed by atoms with Gasteiger partial charge in [0.15, 0.2) is 13.2 Å². The lowest BCUT2D eigenvalue weighted by Gasteiger charge is -2.09. The fourth-order valence-corrected chi connectivity index (χ4v) is 2.85. The molecule has 0 heterocycles. The van der Waals surface area contributed by atoms with Gasteiger partial charge in [-0.3, -0.25) is 4.79 Å². The number of rotatable bonds is 7. The number of sulfonamides is 1. The quantitative estimate of drug-likeness (QED) is 0.688. The molecule has 2 aromatic carbocycles. The van der Waals surface area contributed by atoms with Gasteiger partial charge in [0.25, 0.3) is 5.91 Å². The van der Waals surface area contributed by atoms with E-state index in [1.807, 2.05) is 19.9 Å². The minimum Gasteiger partial charge on any atom is -0.482 e. The molecule has 2 rings (SSSR count). The van der Waals surface area contributed by atoms with Gasteiger partial charge < -0.3 is 14.8 Å². The second-order valence-electron chi connectivity index (χ2n) is 5.89. The molecule has 1 amide bonds. The van der Waals surface area contributed by atoms with Crippen LogP contribution in [0.25, 0.3) is 0 Å². The summed E-state index contributed by atoms with van der Waals surface area (Å²) in [6, 6.07) is 11.0. The standard InChI is InChI=1S/C18H20N2O6S/c1-12-6-13(2)8-15(7-12)25-11-18(22)26-10-17(21)20-14-4-3-5-16(9-14)27(19,23)24/h3-9H,10-11H2,1-2H3,(H,20,21)(H2,19,23,24). The second-order valence-corrected chi connectivity index (χ2v) is 7.46. The molecule has 144 valence electrons. The van der Waals surface area contributed by atoms with Crippen molar-refractivity contribution in [3.05, 3.63) is 53.6 Å². The average molecular weight is 392 g/mol. The zero-order valence-electron chi connectivity index (χ0n) is 14.9. The molecular weight excluding hydrogens is 372 g/mol. The number of nitrogens with two attached hydrogens (primary N) is 1. The van der Waals surface area contributed by atoms with Crippen LogP contribution in [0.1, 0.15) is 11.1 Å². The fraction of sp³-hybridized carbons (Fsp3) is 0.222. The molecule has 0 unspecified atom stereocenters. The molecule has 3 N–H and O–H groups in total. The van der Waals surface area contributed by atoms with Crippen LogP contribution in [-0.4, -0.2) is 33.5 Å². The third-order valence-electron chi connectivity index (χ3n) is 3.36. The lowest BCUT2D eigenvalue weighted by atomic mass is 10.1. The number of nitrogens with one attached hydrogen (secondary N) is 1. The van der Waals surface area contributed by atoms with E-state index in [1.54, 1.807) is 12.1 Å². The van der Waals surface area contributed by atoms with E-state index >= 15 is 0 Å². The Hall–Kier alpha value is -2.91. The zero-order chi connectivity index (χ0) is 20.0. The van der Waals surface area contributed by atoms with Gasteiger partial charge in [-0.2, -0.15) is 0 Å². The van der Waals surface area contributed by atoms with E-state index in [4.69, 9.17) is 14.6 Å². The highest BCUT2D eigenvalue weighted by molar-refractivity contribution is 7.89. The van der Waals surface area contributed by atoms with Crippen molar-refractivity contribution in [2.45, 2.75) is 18.7 Å². The molecule has 0 fully saturated rings. The van der Waals surface area contributed by atoms with Crippen LogP contribution in [0, 0.1) is 13.8 Å². The van der Waals surface area contributed by atoms with Crippen molar-refractivity contribution in [2.75, 3.05) is 18.5 Å². The van der Waals surface area contributed by atoms with E-state index in [0.29, 0.717) is 5.75 Å². The fourth-order valence-electron chi connectivity index (χ4n) is 2.29. The van der Waals surface area contributed by atoms with Crippen molar-refractivity contribution in [1.29, 1.82) is 0 Å². The van der Waals surface area contributed by atoms with Crippen LogP contribution >= 0.6 is 0 Å². The van der Waals surface area contributed by atoms with Gasteiger partial charge in [0.2, 0.25) is 10.0 Å². The summed E-state index contributed by atoms with van der Waals surface area (Å²) in [5.41, 5.74) is 2.22. The first-order valence-corrected chi connectivity index (χ1v) is 9.47. The van der Waals surface area contributed by atoms with E-state index in [9.17, 15) is 18.0 Å². The van der Waals surface area contributed by atoms with Crippen LogP contribution in [0.4, 0.5) is 5.69 Å². The molecule has 0 spiro atoms. The molecule has 0 radical (unpaired) electrons. The zero-order valence-corrected chi connectivity index (χ0v) is 15.7.